The third-order valence-electron chi connectivity index (χ3n) is 2.83. The number of anilines is 1. The lowest BCUT2D eigenvalue weighted by Crippen LogP contribution is -2.12. The van der Waals surface area contributed by atoms with Crippen LogP contribution in [0, 0.1) is 0 Å². The molecule has 0 aliphatic rings. The molecule has 0 saturated heterocycles. The largest absolute Gasteiger partial charge is 0.479 e. The van der Waals surface area contributed by atoms with Crippen molar-refractivity contribution < 1.29 is 14.6 Å². The first kappa shape index (κ1) is 16.2. The van der Waals surface area contributed by atoms with Crippen LogP contribution >= 0.6 is 15.9 Å². The number of ether oxygens (including phenoxy) is 1. The molecule has 0 amide bonds. The van der Waals surface area contributed by atoms with Crippen LogP contribution < -0.4 is 10.1 Å². The van der Waals surface area contributed by atoms with Crippen LogP contribution in [0.2, 0.25) is 0 Å². The molecule has 0 radical (unpaired) electrons. The van der Waals surface area contributed by atoms with Crippen molar-refractivity contribution in [2.75, 3.05) is 11.9 Å². The zero-order chi connectivity index (χ0) is 15.9. The monoisotopic (exact) mass is 365 g/mol. The van der Waals surface area contributed by atoms with E-state index in [0.717, 1.165) is 15.7 Å². The zero-order valence-corrected chi connectivity index (χ0v) is 13.6. The summed E-state index contributed by atoms with van der Waals surface area (Å²) in [7, 11) is 0. The third-order valence-corrected chi connectivity index (χ3v) is 3.35. The van der Waals surface area contributed by atoms with Crippen LogP contribution in [0.4, 0.5) is 5.95 Å². The van der Waals surface area contributed by atoms with Gasteiger partial charge in [0.25, 0.3) is 0 Å². The van der Waals surface area contributed by atoms with Gasteiger partial charge in [-0.15, -0.1) is 0 Å². The number of benzene rings is 1. The van der Waals surface area contributed by atoms with Crippen LogP contribution in [0.1, 0.15) is 18.2 Å². The Morgan fingerprint density at radius 2 is 2.05 bits per heavy atom. The average molecular weight is 366 g/mol. The van der Waals surface area contributed by atoms with E-state index in [9.17, 15) is 4.79 Å². The molecule has 2 rings (SSSR count). The molecule has 0 aliphatic heterocycles. The van der Waals surface area contributed by atoms with E-state index in [4.69, 9.17) is 9.84 Å². The van der Waals surface area contributed by atoms with E-state index in [0.29, 0.717) is 18.9 Å². The van der Waals surface area contributed by atoms with E-state index in [1.807, 2.05) is 31.2 Å². The molecule has 0 fully saturated rings. The molecule has 0 saturated carbocycles. The Hall–Kier alpha value is -2.15. The SMILES string of the molecule is CCc1cc(OCC(=O)O)nc(NCc2ccc(Br)cc2)n1. The Bertz CT molecular complexity index is 647. The van der Waals surface area contributed by atoms with Crippen molar-refractivity contribution in [3.8, 4) is 5.88 Å². The summed E-state index contributed by atoms with van der Waals surface area (Å²) in [6.07, 6.45) is 0.707. The summed E-state index contributed by atoms with van der Waals surface area (Å²) in [5.74, 6) is -0.365. The standard InChI is InChI=1S/C15H16BrN3O3/c1-2-12-7-13(22-9-14(20)21)19-15(18-12)17-8-10-3-5-11(16)6-4-10/h3-7H,2,8-9H2,1H3,(H,20,21)(H,17,18,19). The van der Waals surface area contributed by atoms with Gasteiger partial charge in [-0.1, -0.05) is 35.0 Å². The number of nitrogens with one attached hydrogen (secondary N) is 1. The number of hydrogen-bond acceptors (Lipinski definition) is 5. The van der Waals surface area contributed by atoms with E-state index in [1.165, 1.54) is 0 Å². The predicted octanol–water partition coefficient (Wildman–Crippen LogP) is 2.88. The summed E-state index contributed by atoms with van der Waals surface area (Å²) in [6, 6.07) is 9.54. The van der Waals surface area contributed by atoms with E-state index in [2.05, 4.69) is 31.2 Å². The minimum absolute atomic E-state index is 0.257. The molecule has 1 heterocycles. The van der Waals surface area contributed by atoms with Gasteiger partial charge in [0.1, 0.15) is 0 Å². The first-order valence-electron chi connectivity index (χ1n) is 6.77. The number of rotatable bonds is 7. The number of aromatic nitrogens is 2. The van der Waals surface area contributed by atoms with Crippen molar-refractivity contribution in [1.82, 2.24) is 9.97 Å². The van der Waals surface area contributed by atoms with Gasteiger partial charge in [-0.25, -0.2) is 9.78 Å². The van der Waals surface area contributed by atoms with Gasteiger partial charge in [0.05, 0.1) is 0 Å². The van der Waals surface area contributed by atoms with E-state index < -0.39 is 12.6 Å². The summed E-state index contributed by atoms with van der Waals surface area (Å²) in [5, 5.41) is 11.8. The second-order valence-corrected chi connectivity index (χ2v) is 5.45. The lowest BCUT2D eigenvalue weighted by atomic mass is 10.2. The molecule has 0 atom stereocenters. The molecular formula is C15H16BrN3O3. The fraction of sp³-hybridized carbons (Fsp3) is 0.267. The number of carboxylic acids is 1. The van der Waals surface area contributed by atoms with E-state index in [1.54, 1.807) is 6.07 Å². The van der Waals surface area contributed by atoms with Crippen molar-refractivity contribution in [1.29, 1.82) is 0 Å². The van der Waals surface area contributed by atoms with Crippen LogP contribution in [-0.4, -0.2) is 27.7 Å². The third kappa shape index (κ3) is 5.00. The van der Waals surface area contributed by atoms with Crippen LogP contribution in [0.15, 0.2) is 34.8 Å². The lowest BCUT2D eigenvalue weighted by molar-refractivity contribution is -0.139. The molecule has 22 heavy (non-hydrogen) atoms. The molecule has 0 spiro atoms. The highest BCUT2D eigenvalue weighted by Crippen LogP contribution is 2.15. The topological polar surface area (TPSA) is 84.3 Å². The molecule has 6 nitrogen and oxygen atoms in total. The van der Waals surface area contributed by atoms with E-state index >= 15 is 0 Å². The van der Waals surface area contributed by atoms with Crippen molar-refractivity contribution in [3.63, 3.8) is 0 Å². The lowest BCUT2D eigenvalue weighted by Gasteiger charge is -2.09. The second-order valence-electron chi connectivity index (χ2n) is 4.54. The van der Waals surface area contributed by atoms with Crippen molar-refractivity contribution in [2.45, 2.75) is 19.9 Å². The predicted molar refractivity (Wildman–Crippen MR) is 86.0 cm³/mol. The maximum atomic E-state index is 10.6. The molecule has 0 bridgehead atoms. The molecule has 0 aliphatic carbocycles. The van der Waals surface area contributed by atoms with Crippen molar-refractivity contribution in [3.05, 3.63) is 46.1 Å². The minimum atomic E-state index is -1.04. The fourth-order valence-electron chi connectivity index (χ4n) is 1.73. The Morgan fingerprint density at radius 1 is 1.32 bits per heavy atom. The minimum Gasteiger partial charge on any atom is -0.479 e. The molecule has 1 aromatic heterocycles. The summed E-state index contributed by atoms with van der Waals surface area (Å²) in [4.78, 5) is 19.1. The number of nitrogens with zero attached hydrogens (tertiary/aromatic N) is 2. The second kappa shape index (κ2) is 7.74. The first-order valence-corrected chi connectivity index (χ1v) is 7.57. The molecule has 7 heteroatoms. The Labute approximate surface area is 136 Å². The van der Waals surface area contributed by atoms with Crippen molar-refractivity contribution in [2.24, 2.45) is 0 Å². The summed E-state index contributed by atoms with van der Waals surface area (Å²) < 4.78 is 6.14. The quantitative estimate of drug-likeness (QED) is 0.784. The van der Waals surface area contributed by atoms with E-state index in [-0.39, 0.29) is 5.88 Å². The molecule has 116 valence electrons. The van der Waals surface area contributed by atoms with Gasteiger partial charge in [0.15, 0.2) is 6.61 Å². The molecule has 1 aromatic carbocycles. The summed E-state index contributed by atoms with van der Waals surface area (Å²) >= 11 is 3.39. The number of carboxylic acid groups (broad SMARTS) is 1. The number of aryl methyl sites for hydroxylation is 1. The van der Waals surface area contributed by atoms with Gasteiger partial charge in [0, 0.05) is 22.8 Å². The zero-order valence-electron chi connectivity index (χ0n) is 12.0. The van der Waals surface area contributed by atoms with Gasteiger partial charge in [-0.3, -0.25) is 0 Å². The smallest absolute Gasteiger partial charge is 0.341 e. The summed E-state index contributed by atoms with van der Waals surface area (Å²) in [5.41, 5.74) is 1.87. The molecular weight excluding hydrogens is 350 g/mol. The van der Waals surface area contributed by atoms with Crippen LogP contribution in [0.25, 0.3) is 0 Å². The number of aliphatic carboxylic acids is 1. The van der Waals surface area contributed by atoms with Gasteiger partial charge >= 0.3 is 5.97 Å². The normalized spacial score (nSPS) is 10.3. The molecule has 2 N–H and O–H groups in total. The Balaban J connectivity index is 2.06. The number of carbonyl (C=O) groups is 1. The summed E-state index contributed by atoms with van der Waals surface area (Å²) in [6.45, 7) is 2.10. The number of halogens is 1. The van der Waals surface area contributed by atoms with Gasteiger partial charge in [-0.2, -0.15) is 4.98 Å². The first-order chi connectivity index (χ1) is 10.6. The average Bonchev–Trinajstić information content (AvgIpc) is 2.52. The van der Waals surface area contributed by atoms with Crippen LogP contribution in [0.3, 0.4) is 0 Å². The maximum Gasteiger partial charge on any atom is 0.341 e. The highest BCUT2D eigenvalue weighted by molar-refractivity contribution is 9.10. The Morgan fingerprint density at radius 3 is 2.68 bits per heavy atom. The highest BCUT2D eigenvalue weighted by Gasteiger charge is 2.06. The number of hydrogen-bond donors (Lipinski definition) is 2. The van der Waals surface area contributed by atoms with Crippen LogP contribution in [-0.2, 0) is 17.8 Å². The Kier molecular flexibility index (Phi) is 5.71. The van der Waals surface area contributed by atoms with Gasteiger partial charge in [0.2, 0.25) is 11.8 Å². The fourth-order valence-corrected chi connectivity index (χ4v) is 1.99. The van der Waals surface area contributed by atoms with Crippen molar-refractivity contribution >= 4 is 27.8 Å². The van der Waals surface area contributed by atoms with Gasteiger partial charge in [-0.05, 0) is 24.1 Å². The van der Waals surface area contributed by atoms with Crippen LogP contribution in [0.5, 0.6) is 5.88 Å². The van der Waals surface area contributed by atoms with Gasteiger partial charge < -0.3 is 15.2 Å². The maximum absolute atomic E-state index is 10.6. The molecule has 2 aromatic rings. The highest BCUT2D eigenvalue weighted by atomic mass is 79.9. The molecule has 0 unspecified atom stereocenters.